The van der Waals surface area contributed by atoms with Crippen LogP contribution in [0.15, 0.2) is 0 Å². The van der Waals surface area contributed by atoms with E-state index < -0.39 is 41.8 Å². The van der Waals surface area contributed by atoms with Crippen molar-refractivity contribution in [2.24, 2.45) is 11.3 Å². The van der Waals surface area contributed by atoms with E-state index in [-0.39, 0.29) is 17.8 Å². The lowest BCUT2D eigenvalue weighted by Gasteiger charge is -2.46. The fourth-order valence-corrected chi connectivity index (χ4v) is 4.95. The number of nitrogens with one attached hydrogen (secondary N) is 2. The summed E-state index contributed by atoms with van der Waals surface area (Å²) in [7, 11) is 0. The van der Waals surface area contributed by atoms with Crippen LogP contribution in [0.1, 0.15) is 71.1 Å². The molecular weight excluding hydrogens is 422 g/mol. The Morgan fingerprint density at radius 1 is 1.16 bits per heavy atom. The fraction of sp³-hybridized carbons (Fsp3) is 0.818. The normalized spacial score (nSPS) is 23.1. The molecule has 178 valence electrons. The minimum Gasteiger partial charge on any atom is -0.481 e. The quantitative estimate of drug-likeness (QED) is 0.546. The molecule has 1 heterocycles. The van der Waals surface area contributed by atoms with E-state index in [0.29, 0.717) is 32.9 Å². The number of nitriles is 1. The molecule has 32 heavy (non-hydrogen) atoms. The molecule has 1 aliphatic heterocycles. The summed E-state index contributed by atoms with van der Waals surface area (Å²) < 4.78 is 27.3. The Kier molecular flexibility index (Phi) is 6.96. The van der Waals surface area contributed by atoms with E-state index in [1.807, 2.05) is 6.07 Å². The van der Waals surface area contributed by atoms with Crippen LogP contribution in [0.5, 0.6) is 0 Å². The summed E-state index contributed by atoms with van der Waals surface area (Å²) in [5, 5.41) is 23.1. The van der Waals surface area contributed by atoms with E-state index in [0.717, 1.165) is 38.5 Å². The first-order valence-corrected chi connectivity index (χ1v) is 11.3. The molecule has 3 N–H and O–H groups in total. The van der Waals surface area contributed by atoms with Gasteiger partial charge in [0.1, 0.15) is 11.6 Å². The van der Waals surface area contributed by atoms with Crippen molar-refractivity contribution in [1.29, 1.82) is 5.26 Å². The SMILES string of the molecule is CC(F)(F)C[C@H](NC(=O)N1CCC2(CCC(CC(=O)O)CC2)CC1)C(=O)NC1(C#N)CC1. The van der Waals surface area contributed by atoms with Crippen molar-refractivity contribution in [1.82, 2.24) is 15.5 Å². The summed E-state index contributed by atoms with van der Waals surface area (Å²) in [5.41, 5.74) is -0.899. The maximum atomic E-state index is 13.7. The maximum Gasteiger partial charge on any atom is 0.318 e. The van der Waals surface area contributed by atoms with Crippen molar-refractivity contribution < 1.29 is 28.3 Å². The highest BCUT2D eigenvalue weighted by Crippen LogP contribution is 2.47. The molecule has 0 unspecified atom stereocenters. The van der Waals surface area contributed by atoms with Crippen molar-refractivity contribution in [3.63, 3.8) is 0 Å². The molecular formula is C22H32F2N4O4. The number of carbonyl (C=O) groups excluding carboxylic acids is 2. The monoisotopic (exact) mass is 454 g/mol. The first kappa shape index (κ1) is 24.2. The van der Waals surface area contributed by atoms with E-state index >= 15 is 0 Å². The van der Waals surface area contributed by atoms with Crippen molar-refractivity contribution in [2.45, 2.75) is 88.6 Å². The number of hydrogen-bond donors (Lipinski definition) is 3. The summed E-state index contributed by atoms with van der Waals surface area (Å²) in [5.74, 6) is -4.48. The molecule has 8 nitrogen and oxygen atoms in total. The second kappa shape index (κ2) is 9.20. The number of piperidine rings is 1. The Morgan fingerprint density at radius 2 is 1.75 bits per heavy atom. The minimum atomic E-state index is -3.15. The van der Waals surface area contributed by atoms with Crippen LogP contribution in [0.2, 0.25) is 0 Å². The van der Waals surface area contributed by atoms with E-state index in [4.69, 9.17) is 10.4 Å². The number of hydrogen-bond acceptors (Lipinski definition) is 4. The zero-order valence-corrected chi connectivity index (χ0v) is 18.5. The molecule has 3 amide bonds. The lowest BCUT2D eigenvalue weighted by molar-refractivity contribution is -0.138. The number of amides is 3. The summed E-state index contributed by atoms with van der Waals surface area (Å²) in [6, 6.07) is 0.0179. The number of carboxylic acids is 1. The topological polar surface area (TPSA) is 123 Å². The molecule has 2 saturated carbocycles. The van der Waals surface area contributed by atoms with Crippen molar-refractivity contribution in [3.05, 3.63) is 0 Å². The van der Waals surface area contributed by atoms with Gasteiger partial charge in [-0.1, -0.05) is 0 Å². The van der Waals surface area contributed by atoms with Gasteiger partial charge in [-0.15, -0.1) is 0 Å². The standard InChI is InChI=1S/C22H32F2N4O4/c1-20(23,24)13-16(18(31)27-22(14-25)6-7-22)26-19(32)28-10-8-21(9-11-28)4-2-15(3-5-21)12-17(29)30/h15-16H,2-13H2,1H3,(H,26,32)(H,27,31)(H,29,30)/t16-/m0/s1. The zero-order chi connectivity index (χ0) is 23.6. The highest BCUT2D eigenvalue weighted by Gasteiger charge is 2.47. The van der Waals surface area contributed by atoms with Crippen LogP contribution in [0.4, 0.5) is 13.6 Å². The van der Waals surface area contributed by atoms with Gasteiger partial charge >= 0.3 is 12.0 Å². The smallest absolute Gasteiger partial charge is 0.318 e. The van der Waals surface area contributed by atoms with Gasteiger partial charge in [0.15, 0.2) is 0 Å². The van der Waals surface area contributed by atoms with Crippen LogP contribution in [0.25, 0.3) is 0 Å². The summed E-state index contributed by atoms with van der Waals surface area (Å²) >= 11 is 0. The molecule has 0 aromatic carbocycles. The van der Waals surface area contributed by atoms with Gasteiger partial charge in [-0.25, -0.2) is 13.6 Å². The molecule has 10 heteroatoms. The van der Waals surface area contributed by atoms with E-state index in [1.54, 1.807) is 4.90 Å². The molecule has 1 atom stereocenters. The third-order valence-electron chi connectivity index (χ3n) is 7.24. The Morgan fingerprint density at radius 3 is 2.22 bits per heavy atom. The van der Waals surface area contributed by atoms with Crippen molar-refractivity contribution in [2.75, 3.05) is 13.1 Å². The largest absolute Gasteiger partial charge is 0.481 e. The summed E-state index contributed by atoms with van der Waals surface area (Å²) in [6.45, 7) is 1.63. The molecule has 2 aliphatic carbocycles. The number of likely N-dealkylation sites (tertiary alicyclic amines) is 1. The van der Waals surface area contributed by atoms with Gasteiger partial charge in [0, 0.05) is 25.9 Å². The Labute approximate surface area is 186 Å². The minimum absolute atomic E-state index is 0.101. The molecule has 0 aromatic rings. The summed E-state index contributed by atoms with van der Waals surface area (Å²) in [4.78, 5) is 37.8. The fourth-order valence-electron chi connectivity index (χ4n) is 4.95. The summed E-state index contributed by atoms with van der Waals surface area (Å²) in [6.07, 6.45) is 5.46. The Bertz CT molecular complexity index is 770. The maximum absolute atomic E-state index is 13.7. The number of rotatable bonds is 7. The average molecular weight is 455 g/mol. The number of carboxylic acid groups (broad SMARTS) is 1. The molecule has 3 aliphatic rings. The van der Waals surface area contributed by atoms with Crippen LogP contribution in [0, 0.1) is 22.7 Å². The molecule has 0 aromatic heterocycles. The number of halogens is 2. The van der Waals surface area contributed by atoms with Gasteiger partial charge in [-0.3, -0.25) is 9.59 Å². The Balaban J connectivity index is 1.53. The highest BCUT2D eigenvalue weighted by molar-refractivity contribution is 5.88. The lowest BCUT2D eigenvalue weighted by Crippen LogP contribution is -2.56. The molecule has 3 rings (SSSR count). The van der Waals surface area contributed by atoms with Gasteiger partial charge in [-0.05, 0) is 69.6 Å². The van der Waals surface area contributed by atoms with Crippen molar-refractivity contribution >= 4 is 17.9 Å². The molecule has 0 radical (unpaired) electrons. The average Bonchev–Trinajstić information content (AvgIpc) is 3.48. The van der Waals surface area contributed by atoms with Gasteiger partial charge in [0.05, 0.1) is 6.07 Å². The Hall–Kier alpha value is -2.44. The van der Waals surface area contributed by atoms with Gasteiger partial charge < -0.3 is 20.6 Å². The highest BCUT2D eigenvalue weighted by atomic mass is 19.3. The third-order valence-corrected chi connectivity index (χ3v) is 7.24. The lowest BCUT2D eigenvalue weighted by atomic mass is 9.65. The molecule has 1 spiro atoms. The van der Waals surface area contributed by atoms with Gasteiger partial charge in [0.2, 0.25) is 11.8 Å². The number of nitrogens with zero attached hydrogens (tertiary/aromatic N) is 2. The van der Waals surface area contributed by atoms with Crippen LogP contribution >= 0.6 is 0 Å². The van der Waals surface area contributed by atoms with E-state index in [1.165, 1.54) is 0 Å². The first-order chi connectivity index (χ1) is 14.9. The predicted octanol–water partition coefficient (Wildman–Crippen LogP) is 3.03. The van der Waals surface area contributed by atoms with Gasteiger partial charge in [-0.2, -0.15) is 5.26 Å². The predicted molar refractivity (Wildman–Crippen MR) is 111 cm³/mol. The first-order valence-electron chi connectivity index (χ1n) is 11.3. The van der Waals surface area contributed by atoms with Crippen LogP contribution in [-0.2, 0) is 9.59 Å². The second-order valence-corrected chi connectivity index (χ2v) is 9.99. The molecule has 1 saturated heterocycles. The van der Waals surface area contributed by atoms with E-state index in [2.05, 4.69) is 10.6 Å². The number of carbonyl (C=O) groups is 3. The van der Waals surface area contributed by atoms with Crippen LogP contribution in [-0.4, -0.2) is 58.5 Å². The van der Waals surface area contributed by atoms with Crippen molar-refractivity contribution in [3.8, 4) is 6.07 Å². The second-order valence-electron chi connectivity index (χ2n) is 9.99. The molecule has 3 fully saturated rings. The van der Waals surface area contributed by atoms with Crippen LogP contribution < -0.4 is 10.6 Å². The number of urea groups is 1. The zero-order valence-electron chi connectivity index (χ0n) is 18.5. The number of alkyl halides is 2. The third kappa shape index (κ3) is 6.30. The van der Waals surface area contributed by atoms with Crippen LogP contribution in [0.3, 0.4) is 0 Å². The van der Waals surface area contributed by atoms with E-state index in [9.17, 15) is 23.2 Å². The molecule has 0 bridgehead atoms. The van der Waals surface area contributed by atoms with Gasteiger partial charge in [0.25, 0.3) is 0 Å². The number of aliphatic carboxylic acids is 1.